The van der Waals surface area contributed by atoms with Gasteiger partial charge in [0.25, 0.3) is 0 Å². The van der Waals surface area contributed by atoms with Crippen LogP contribution in [0.15, 0.2) is 29.2 Å². The molecule has 108 valence electrons. The first-order valence-corrected chi connectivity index (χ1v) is 8.68. The van der Waals surface area contributed by atoms with E-state index in [2.05, 4.69) is 9.71 Å². The Morgan fingerprint density at radius 1 is 1.25 bits per heavy atom. The van der Waals surface area contributed by atoms with Gasteiger partial charge < -0.3 is 0 Å². The highest BCUT2D eigenvalue weighted by Crippen LogP contribution is 2.17. The Kier molecular flexibility index (Phi) is 4.57. The van der Waals surface area contributed by atoms with Crippen molar-refractivity contribution in [3.8, 4) is 0 Å². The van der Waals surface area contributed by atoms with Crippen molar-refractivity contribution in [1.82, 2.24) is 9.71 Å². The normalized spacial score (nSPS) is 11.8. The van der Waals surface area contributed by atoms with E-state index in [4.69, 9.17) is 0 Å². The third-order valence-corrected chi connectivity index (χ3v) is 5.59. The van der Waals surface area contributed by atoms with Gasteiger partial charge in [0.2, 0.25) is 10.0 Å². The topological polar surface area (TPSA) is 59.1 Å². The van der Waals surface area contributed by atoms with Crippen LogP contribution in [0.1, 0.15) is 21.1 Å². The molecule has 2 rings (SSSR count). The third kappa shape index (κ3) is 3.65. The van der Waals surface area contributed by atoms with Crippen molar-refractivity contribution < 1.29 is 8.42 Å². The molecule has 0 unspecified atom stereocenters. The van der Waals surface area contributed by atoms with E-state index in [0.717, 1.165) is 16.3 Å². The lowest BCUT2D eigenvalue weighted by Gasteiger charge is -2.06. The molecule has 0 fully saturated rings. The Hall–Kier alpha value is -1.24. The Balaban J connectivity index is 1.99. The van der Waals surface area contributed by atoms with Gasteiger partial charge in [-0.1, -0.05) is 12.1 Å². The minimum atomic E-state index is -3.43. The van der Waals surface area contributed by atoms with E-state index in [9.17, 15) is 8.42 Å². The number of hydrogen-bond donors (Lipinski definition) is 1. The van der Waals surface area contributed by atoms with E-state index in [1.54, 1.807) is 29.5 Å². The summed E-state index contributed by atoms with van der Waals surface area (Å²) in [6, 6.07) is 6.89. The van der Waals surface area contributed by atoms with Crippen molar-refractivity contribution in [3.63, 3.8) is 0 Å². The zero-order valence-corrected chi connectivity index (χ0v) is 13.4. The lowest BCUT2D eigenvalue weighted by Crippen LogP contribution is -2.26. The van der Waals surface area contributed by atoms with Gasteiger partial charge in [0, 0.05) is 17.8 Å². The van der Waals surface area contributed by atoms with E-state index in [1.807, 2.05) is 26.8 Å². The molecule has 1 heterocycles. The summed E-state index contributed by atoms with van der Waals surface area (Å²) in [5.74, 6) is 0. The van der Waals surface area contributed by atoms with Crippen molar-refractivity contribution in [2.24, 2.45) is 0 Å². The number of benzene rings is 1. The van der Waals surface area contributed by atoms with Crippen LogP contribution in [0, 0.1) is 20.8 Å². The van der Waals surface area contributed by atoms with Gasteiger partial charge in [-0.15, -0.1) is 11.3 Å². The predicted molar refractivity (Wildman–Crippen MR) is 81.7 cm³/mol. The largest absolute Gasteiger partial charge is 0.246 e. The molecule has 0 aliphatic rings. The molecule has 0 atom stereocenters. The Labute approximate surface area is 123 Å². The van der Waals surface area contributed by atoms with Gasteiger partial charge in [0.1, 0.15) is 0 Å². The number of nitrogens with one attached hydrogen (secondary N) is 1. The molecule has 0 saturated heterocycles. The number of nitrogens with zero attached hydrogens (tertiary/aromatic N) is 1. The zero-order chi connectivity index (χ0) is 14.8. The minimum Gasteiger partial charge on any atom is -0.246 e. The zero-order valence-electron chi connectivity index (χ0n) is 11.8. The monoisotopic (exact) mass is 310 g/mol. The van der Waals surface area contributed by atoms with Crippen LogP contribution in [-0.4, -0.2) is 19.9 Å². The van der Waals surface area contributed by atoms with Gasteiger partial charge in [-0.3, -0.25) is 0 Å². The average Bonchev–Trinajstić information content (AvgIpc) is 2.68. The van der Waals surface area contributed by atoms with Crippen molar-refractivity contribution in [1.29, 1.82) is 0 Å². The van der Waals surface area contributed by atoms with E-state index in [1.165, 1.54) is 4.88 Å². The fourth-order valence-corrected chi connectivity index (χ4v) is 3.87. The number of aryl methyl sites for hydroxylation is 3. The lowest BCUT2D eigenvalue weighted by molar-refractivity contribution is 0.581. The van der Waals surface area contributed by atoms with E-state index in [-0.39, 0.29) is 0 Å². The highest BCUT2D eigenvalue weighted by atomic mass is 32.2. The molecule has 0 bridgehead atoms. The molecule has 0 aliphatic carbocycles. The summed E-state index contributed by atoms with van der Waals surface area (Å²) >= 11 is 1.62. The summed E-state index contributed by atoms with van der Waals surface area (Å²) in [5.41, 5.74) is 1.95. The lowest BCUT2D eigenvalue weighted by atomic mass is 10.2. The maximum absolute atomic E-state index is 12.1. The van der Waals surface area contributed by atoms with Gasteiger partial charge in [0.15, 0.2) is 0 Å². The summed E-state index contributed by atoms with van der Waals surface area (Å²) in [6.45, 7) is 6.22. The van der Waals surface area contributed by atoms with E-state index in [0.29, 0.717) is 17.9 Å². The molecule has 4 nitrogen and oxygen atoms in total. The second-order valence-electron chi connectivity index (χ2n) is 4.71. The Bertz CT molecular complexity index is 686. The maximum atomic E-state index is 12.1. The predicted octanol–water partition coefficient (Wildman–Crippen LogP) is 2.59. The molecule has 0 amide bonds. The molecular formula is C14H18N2O2S2. The molecule has 0 radical (unpaired) electrons. The Morgan fingerprint density at radius 3 is 2.60 bits per heavy atom. The number of aromatic nitrogens is 1. The second kappa shape index (κ2) is 6.03. The SMILES string of the molecule is Cc1cccc(S(=O)(=O)NCCc2nc(C)c(C)s2)c1. The van der Waals surface area contributed by atoms with Crippen LogP contribution in [0.5, 0.6) is 0 Å². The van der Waals surface area contributed by atoms with E-state index < -0.39 is 10.0 Å². The van der Waals surface area contributed by atoms with Gasteiger partial charge >= 0.3 is 0 Å². The smallest absolute Gasteiger partial charge is 0.240 e. The first-order chi connectivity index (χ1) is 9.38. The quantitative estimate of drug-likeness (QED) is 0.923. The summed E-state index contributed by atoms with van der Waals surface area (Å²) in [4.78, 5) is 5.89. The minimum absolute atomic E-state index is 0.309. The summed E-state index contributed by atoms with van der Waals surface area (Å²) in [7, 11) is -3.43. The summed E-state index contributed by atoms with van der Waals surface area (Å²) in [5, 5.41) is 0.965. The van der Waals surface area contributed by atoms with Gasteiger partial charge in [0.05, 0.1) is 15.6 Å². The number of sulfonamides is 1. The first kappa shape index (κ1) is 15.2. The van der Waals surface area contributed by atoms with Crippen LogP contribution in [-0.2, 0) is 16.4 Å². The number of hydrogen-bond acceptors (Lipinski definition) is 4. The van der Waals surface area contributed by atoms with Crippen LogP contribution in [0.2, 0.25) is 0 Å². The molecule has 0 spiro atoms. The Morgan fingerprint density at radius 2 is 2.00 bits per heavy atom. The molecule has 0 saturated carbocycles. The van der Waals surface area contributed by atoms with Crippen molar-refractivity contribution >= 4 is 21.4 Å². The highest BCUT2D eigenvalue weighted by Gasteiger charge is 2.13. The molecule has 20 heavy (non-hydrogen) atoms. The molecule has 6 heteroatoms. The molecular weight excluding hydrogens is 292 g/mol. The standard InChI is InChI=1S/C14H18N2O2S2/c1-10-5-4-6-13(9-10)20(17,18)15-8-7-14-16-11(2)12(3)19-14/h4-6,9,15H,7-8H2,1-3H3. The number of rotatable bonds is 5. The van der Waals surface area contributed by atoms with Crippen LogP contribution < -0.4 is 4.72 Å². The van der Waals surface area contributed by atoms with Gasteiger partial charge in [-0.2, -0.15) is 0 Å². The van der Waals surface area contributed by atoms with Crippen LogP contribution in [0.3, 0.4) is 0 Å². The van der Waals surface area contributed by atoms with E-state index >= 15 is 0 Å². The highest BCUT2D eigenvalue weighted by molar-refractivity contribution is 7.89. The molecule has 1 N–H and O–H groups in total. The molecule has 0 aliphatic heterocycles. The van der Waals surface area contributed by atoms with Gasteiger partial charge in [-0.25, -0.2) is 18.1 Å². The van der Waals surface area contributed by atoms with Crippen molar-refractivity contribution in [2.75, 3.05) is 6.54 Å². The van der Waals surface area contributed by atoms with Crippen LogP contribution in [0.25, 0.3) is 0 Å². The van der Waals surface area contributed by atoms with Crippen molar-refractivity contribution in [3.05, 3.63) is 45.4 Å². The third-order valence-electron chi connectivity index (χ3n) is 3.00. The van der Waals surface area contributed by atoms with Crippen LogP contribution in [0.4, 0.5) is 0 Å². The molecule has 1 aromatic heterocycles. The van der Waals surface area contributed by atoms with Crippen molar-refractivity contribution in [2.45, 2.75) is 32.1 Å². The fourth-order valence-electron chi connectivity index (χ4n) is 1.80. The maximum Gasteiger partial charge on any atom is 0.240 e. The average molecular weight is 310 g/mol. The summed E-state index contributed by atoms with van der Waals surface area (Å²) in [6.07, 6.45) is 0.615. The molecule has 1 aromatic carbocycles. The number of thiazole rings is 1. The first-order valence-electron chi connectivity index (χ1n) is 6.38. The fraction of sp³-hybridized carbons (Fsp3) is 0.357. The van der Waals surface area contributed by atoms with Crippen LogP contribution >= 0.6 is 11.3 Å². The van der Waals surface area contributed by atoms with Gasteiger partial charge in [-0.05, 0) is 38.5 Å². The second-order valence-corrected chi connectivity index (χ2v) is 7.77. The molecule has 2 aromatic rings. The summed E-state index contributed by atoms with van der Waals surface area (Å²) < 4.78 is 26.9.